The zero-order valence-electron chi connectivity index (χ0n) is 37.1. The van der Waals surface area contributed by atoms with E-state index in [0.717, 1.165) is 25.0 Å². The molecule has 0 heterocycles. The van der Waals surface area contributed by atoms with Crippen LogP contribution in [0, 0.1) is 16.2 Å². The zero-order valence-corrected chi connectivity index (χ0v) is 40.6. The molecule has 21 heteroatoms. The molecule has 4 unspecified atom stereocenters. The van der Waals surface area contributed by atoms with Crippen molar-refractivity contribution in [3.8, 4) is 0 Å². The predicted octanol–water partition coefficient (Wildman–Crippen LogP) is 3.36. The van der Waals surface area contributed by atoms with Gasteiger partial charge in [0.25, 0.3) is 7.82 Å². The van der Waals surface area contributed by atoms with Crippen molar-refractivity contribution in [3.63, 3.8) is 0 Å². The van der Waals surface area contributed by atoms with Gasteiger partial charge in [-0.1, -0.05) is 13.3 Å². The molecular weight excluding hydrogens is 850 g/mol. The number of carbonyl (C=O) groups excluding carboxylic acids is 4. The molecule has 0 radical (unpaired) electrons. The van der Waals surface area contributed by atoms with Crippen LogP contribution in [0.15, 0.2) is 0 Å². The lowest BCUT2D eigenvalue weighted by Crippen LogP contribution is -2.46. The van der Waals surface area contributed by atoms with Gasteiger partial charge in [-0.3, -0.25) is 23.7 Å². The molecule has 0 fully saturated rings. The Kier molecular flexibility index (Phi) is 25.6. The first-order valence-corrected chi connectivity index (χ1v) is 24.3. The Bertz CT molecular complexity index is 1480. The van der Waals surface area contributed by atoms with Gasteiger partial charge >= 0.3 is 17.9 Å². The zero-order chi connectivity index (χ0) is 45.8. The molecule has 0 saturated heterocycles. The van der Waals surface area contributed by atoms with Crippen molar-refractivity contribution in [3.05, 3.63) is 0 Å². The normalized spacial score (nSPS) is 16.2. The summed E-state index contributed by atoms with van der Waals surface area (Å²) < 4.78 is 72.5. The molecule has 0 rings (SSSR count). The lowest BCUT2D eigenvalue weighted by Gasteiger charge is -2.39. The maximum atomic E-state index is 14.0. The van der Waals surface area contributed by atoms with Gasteiger partial charge in [-0.05, 0) is 72.0 Å². The fourth-order valence-corrected chi connectivity index (χ4v) is 8.28. The third-order valence-corrected chi connectivity index (χ3v) is 12.5. The molecule has 0 aromatic carbocycles. The number of nitrogens with zero attached hydrogens (tertiary/aromatic N) is 2. The minimum absolute atomic E-state index is 0.0195. The maximum absolute atomic E-state index is 14.0. The van der Waals surface area contributed by atoms with E-state index in [0.29, 0.717) is 37.0 Å². The summed E-state index contributed by atoms with van der Waals surface area (Å²) in [6.45, 7) is 8.09. The first kappa shape index (κ1) is 57.5. The molecule has 59 heavy (non-hydrogen) atoms. The van der Waals surface area contributed by atoms with Crippen LogP contribution in [0.4, 0.5) is 0 Å². The second-order valence-electron chi connectivity index (χ2n) is 18.0. The number of quaternary nitrogens is 2. The van der Waals surface area contributed by atoms with E-state index >= 15 is 0 Å². The number of phosphoric ester groups is 1. The number of rotatable bonds is 33. The summed E-state index contributed by atoms with van der Waals surface area (Å²) in [4.78, 5) is 65.7. The van der Waals surface area contributed by atoms with E-state index in [-0.39, 0.29) is 67.7 Å². The number of esters is 3. The van der Waals surface area contributed by atoms with Crippen molar-refractivity contribution in [2.24, 2.45) is 16.2 Å². The minimum Gasteiger partial charge on any atom is -0.756 e. The summed E-state index contributed by atoms with van der Waals surface area (Å²) in [7, 11) is 0.257. The predicted molar refractivity (Wildman–Crippen MR) is 229 cm³/mol. The number of nitrogens with one attached hydrogen (secondary N) is 1. The lowest BCUT2D eigenvalue weighted by molar-refractivity contribution is -0.890. The summed E-state index contributed by atoms with van der Waals surface area (Å²) in [6, 6.07) is 0. The van der Waals surface area contributed by atoms with Crippen molar-refractivity contribution >= 4 is 67.0 Å². The highest BCUT2D eigenvalue weighted by Crippen LogP contribution is 2.46. The highest BCUT2D eigenvalue weighted by atomic mass is 32.2. The Morgan fingerprint density at radius 2 is 1.34 bits per heavy atom. The molecule has 4 atom stereocenters. The number of amides is 1. The van der Waals surface area contributed by atoms with Crippen molar-refractivity contribution in [2.75, 3.05) is 106 Å². The van der Waals surface area contributed by atoms with Crippen molar-refractivity contribution in [1.29, 1.82) is 0 Å². The second-order valence-corrected chi connectivity index (χ2v) is 22.1. The molecule has 0 aromatic rings. The van der Waals surface area contributed by atoms with E-state index in [1.165, 1.54) is 0 Å². The Morgan fingerprint density at radius 3 is 1.92 bits per heavy atom. The summed E-state index contributed by atoms with van der Waals surface area (Å²) in [5, 5.41) is 2.99. The van der Waals surface area contributed by atoms with Crippen molar-refractivity contribution in [1.82, 2.24) is 5.32 Å². The van der Waals surface area contributed by atoms with Gasteiger partial charge in [0.05, 0.1) is 81.3 Å². The van der Waals surface area contributed by atoms with Crippen LogP contribution in [-0.4, -0.2) is 157 Å². The van der Waals surface area contributed by atoms with Gasteiger partial charge in [-0.25, -0.2) is 8.42 Å². The van der Waals surface area contributed by atoms with Gasteiger partial charge in [-0.2, -0.15) is 25.3 Å². The fourth-order valence-electron chi connectivity index (χ4n) is 6.30. The molecule has 0 saturated carbocycles. The number of hydrogen-bond donors (Lipinski definition) is 3. The number of phosphoric acid groups is 1. The molecule has 0 aliphatic rings. The maximum Gasteiger partial charge on any atom is 0.312 e. The third-order valence-electron chi connectivity index (χ3n) is 9.91. The van der Waals surface area contributed by atoms with E-state index in [1.54, 1.807) is 34.6 Å². The Hall–Kier alpha value is -1.48. The molecule has 348 valence electrons. The van der Waals surface area contributed by atoms with Crippen LogP contribution in [-0.2, 0) is 57.1 Å². The van der Waals surface area contributed by atoms with E-state index in [2.05, 4.69) is 30.6 Å². The summed E-state index contributed by atoms with van der Waals surface area (Å²) in [6.07, 6.45) is 3.74. The van der Waals surface area contributed by atoms with Crippen LogP contribution in [0.5, 0.6) is 0 Å². The van der Waals surface area contributed by atoms with Crippen LogP contribution in [0.25, 0.3) is 0 Å². The number of ether oxygens (including phenoxy) is 3. The number of hydrogen-bond acceptors (Lipinski definition) is 16. The van der Waals surface area contributed by atoms with Gasteiger partial charge < -0.3 is 47.0 Å². The Balaban J connectivity index is 5.80. The first-order valence-electron chi connectivity index (χ1n) is 20.1. The molecule has 0 bridgehead atoms. The van der Waals surface area contributed by atoms with Crippen LogP contribution in [0.3, 0.4) is 0 Å². The monoisotopic (exact) mass is 923 g/mol. The summed E-state index contributed by atoms with van der Waals surface area (Å²) >= 11 is 8.73. The minimum atomic E-state index is -4.65. The topological polar surface area (TPSA) is 224 Å². The summed E-state index contributed by atoms with van der Waals surface area (Å²) in [5.74, 6) is -1.99. The molecule has 1 amide bonds. The molecule has 0 aliphatic heterocycles. The average molecular weight is 924 g/mol. The number of likely N-dealkylation sites (N-methyl/N-ethyl adjacent to an activating group) is 2. The lowest BCUT2D eigenvalue weighted by atomic mass is 9.65. The summed E-state index contributed by atoms with van der Waals surface area (Å²) in [5.41, 5.74) is -4.04. The highest BCUT2D eigenvalue weighted by Gasteiger charge is 2.50. The first-order chi connectivity index (χ1) is 26.9. The van der Waals surface area contributed by atoms with Crippen LogP contribution in [0.1, 0.15) is 92.4 Å². The smallest absolute Gasteiger partial charge is 0.312 e. The number of thiol groups is 2. The van der Waals surface area contributed by atoms with Crippen LogP contribution < -0.4 is 10.2 Å². The van der Waals surface area contributed by atoms with Crippen LogP contribution >= 0.6 is 33.1 Å². The van der Waals surface area contributed by atoms with Crippen LogP contribution in [0.2, 0.25) is 0 Å². The average Bonchev–Trinajstić information content (AvgIpc) is 3.08. The van der Waals surface area contributed by atoms with Crippen molar-refractivity contribution in [2.45, 2.75) is 97.7 Å². The van der Waals surface area contributed by atoms with Gasteiger partial charge in [0.2, 0.25) is 5.91 Å². The Labute approximate surface area is 364 Å². The van der Waals surface area contributed by atoms with Gasteiger partial charge in [-0.15, -0.1) is 0 Å². The van der Waals surface area contributed by atoms with Gasteiger partial charge in [0.15, 0.2) is 0 Å². The van der Waals surface area contributed by atoms with E-state index in [1.807, 2.05) is 35.2 Å². The molecule has 0 spiro atoms. The second kappa shape index (κ2) is 26.2. The van der Waals surface area contributed by atoms with E-state index in [9.17, 15) is 41.6 Å². The quantitative estimate of drug-likeness (QED) is 0.0163. The molecule has 17 nitrogen and oxygen atoms in total. The van der Waals surface area contributed by atoms with E-state index in [4.69, 9.17) is 23.3 Å². The van der Waals surface area contributed by atoms with Gasteiger partial charge in [0, 0.05) is 23.8 Å². The molecular formula is C38H74N3O14PS3. The SMILES string of the molecule is CCC(C)(CC(C)(CC(C)(C)C(=O)OCCOP(=O)([O-])OCC[N+](C)(C)C)C(=O)OCCNC(=O)CCCCC(S)CCS)C(=O)OCC[N+](C)(C)CCCS(=O)(=O)[O-]. The van der Waals surface area contributed by atoms with Crippen molar-refractivity contribution < 1.29 is 73.8 Å². The highest BCUT2D eigenvalue weighted by molar-refractivity contribution is 7.85. The standard InChI is InChI=1S/C38H74N3O14PS3/c1-11-37(4,34(44)52-23-21-41(9,10)19-14-28-59(48,49)50)30-38(5,35(45)51-22-18-39-32(42)16-13-12-15-31(58)17-27-57)29-36(2,3)33(43)53-25-26-55-56(46,47)54-24-20-40(6,7)8/h31H,11-30H2,1-10H3,(H3-2,39,42,46,47,48,49,50,57,58). The molecule has 0 aromatic heterocycles. The fraction of sp³-hybridized carbons (Fsp3) is 0.895. The largest absolute Gasteiger partial charge is 0.756 e. The number of unbranched alkanes of at least 4 members (excludes halogenated alkanes) is 1. The van der Waals surface area contributed by atoms with Gasteiger partial charge in [0.1, 0.15) is 39.5 Å². The molecule has 1 N–H and O–H groups in total. The third kappa shape index (κ3) is 26.6. The Morgan fingerprint density at radius 1 is 0.763 bits per heavy atom. The van der Waals surface area contributed by atoms with E-state index < -0.39 is 71.1 Å². The molecule has 0 aliphatic carbocycles. The number of carbonyl (C=O) groups is 4.